The van der Waals surface area contributed by atoms with Gasteiger partial charge < -0.3 is 4.98 Å². The highest BCUT2D eigenvalue weighted by molar-refractivity contribution is 9.11. The van der Waals surface area contributed by atoms with Gasteiger partial charge in [0.25, 0.3) is 0 Å². The van der Waals surface area contributed by atoms with Crippen LogP contribution in [0.5, 0.6) is 0 Å². The average molecular weight is 343 g/mol. The molecule has 0 saturated heterocycles. The number of ketones is 1. The highest BCUT2D eigenvalue weighted by atomic mass is 79.9. The summed E-state index contributed by atoms with van der Waals surface area (Å²) in [7, 11) is 0. The summed E-state index contributed by atoms with van der Waals surface area (Å²) in [5.74, 6) is 0.237. The topological polar surface area (TPSA) is 32.9 Å². The molecule has 0 bridgehead atoms. The molecule has 0 radical (unpaired) electrons. The van der Waals surface area contributed by atoms with E-state index in [1.165, 1.54) is 5.56 Å². The van der Waals surface area contributed by atoms with E-state index in [0.29, 0.717) is 6.42 Å². The maximum atomic E-state index is 11.8. The number of hydrogen-bond acceptors (Lipinski definition) is 1. The number of halogens is 2. The Bertz CT molecular complexity index is 601. The minimum absolute atomic E-state index is 0.237. The van der Waals surface area contributed by atoms with E-state index < -0.39 is 0 Å². The molecule has 4 heteroatoms. The first-order chi connectivity index (χ1) is 7.66. The van der Waals surface area contributed by atoms with Gasteiger partial charge in [-0.1, -0.05) is 31.9 Å². The Morgan fingerprint density at radius 3 is 2.81 bits per heavy atom. The Labute approximate surface area is 110 Å². The number of nitrogens with one attached hydrogen (secondary N) is 1. The first-order valence-electron chi connectivity index (χ1n) is 5.19. The SMILES string of the molecule is O=C1CCCc2c1[nH]c1cc(Br)cc(Br)c21. The maximum Gasteiger partial charge on any atom is 0.179 e. The Hall–Kier alpha value is -0.610. The molecule has 1 aliphatic rings. The minimum Gasteiger partial charge on any atom is -0.352 e. The summed E-state index contributed by atoms with van der Waals surface area (Å²) < 4.78 is 2.06. The van der Waals surface area contributed by atoms with Crippen molar-refractivity contribution in [2.45, 2.75) is 19.3 Å². The van der Waals surface area contributed by atoms with Crippen LogP contribution in [0.2, 0.25) is 0 Å². The number of H-pyrrole nitrogens is 1. The van der Waals surface area contributed by atoms with E-state index in [1.807, 2.05) is 12.1 Å². The van der Waals surface area contributed by atoms with Crippen LogP contribution in [0, 0.1) is 0 Å². The van der Waals surface area contributed by atoms with Crippen LogP contribution in [0.1, 0.15) is 28.9 Å². The van der Waals surface area contributed by atoms with Crippen molar-refractivity contribution in [2.75, 3.05) is 0 Å². The molecule has 82 valence electrons. The van der Waals surface area contributed by atoms with E-state index in [2.05, 4.69) is 36.8 Å². The zero-order valence-electron chi connectivity index (χ0n) is 8.44. The standard InChI is InChI=1S/C12H9Br2NO/c13-6-4-8(14)11-7-2-1-3-10(16)12(7)15-9(11)5-6/h4-5,15H,1-3H2. The number of rotatable bonds is 0. The summed E-state index contributed by atoms with van der Waals surface area (Å²) >= 11 is 7.02. The first-order valence-corrected chi connectivity index (χ1v) is 6.78. The molecule has 0 atom stereocenters. The predicted molar refractivity (Wildman–Crippen MR) is 71.0 cm³/mol. The van der Waals surface area contributed by atoms with Gasteiger partial charge in [-0.2, -0.15) is 0 Å². The second-order valence-corrected chi connectivity index (χ2v) is 5.84. The van der Waals surface area contributed by atoms with E-state index in [9.17, 15) is 4.79 Å². The number of fused-ring (bicyclic) bond motifs is 3. The second kappa shape index (κ2) is 3.70. The van der Waals surface area contributed by atoms with E-state index in [4.69, 9.17) is 0 Å². The van der Waals surface area contributed by atoms with Crippen molar-refractivity contribution in [3.05, 3.63) is 32.3 Å². The number of carbonyl (C=O) groups is 1. The van der Waals surface area contributed by atoms with Crippen molar-refractivity contribution in [1.82, 2.24) is 4.98 Å². The van der Waals surface area contributed by atoms with Gasteiger partial charge in [-0.3, -0.25) is 4.79 Å². The summed E-state index contributed by atoms with van der Waals surface area (Å²) in [6, 6.07) is 4.04. The summed E-state index contributed by atoms with van der Waals surface area (Å²) in [5.41, 5.74) is 3.01. The molecule has 2 aromatic rings. The summed E-state index contributed by atoms with van der Waals surface area (Å²) in [4.78, 5) is 15.0. The van der Waals surface area contributed by atoms with Crippen LogP contribution < -0.4 is 0 Å². The molecule has 0 unspecified atom stereocenters. The van der Waals surface area contributed by atoms with Crippen LogP contribution in [-0.2, 0) is 6.42 Å². The quantitative estimate of drug-likeness (QED) is 0.764. The number of aryl methyl sites for hydroxylation is 1. The third-order valence-electron chi connectivity index (χ3n) is 3.03. The Morgan fingerprint density at radius 1 is 1.19 bits per heavy atom. The lowest BCUT2D eigenvalue weighted by atomic mass is 9.95. The van der Waals surface area contributed by atoms with Crippen molar-refractivity contribution >= 4 is 48.5 Å². The summed E-state index contributed by atoms with van der Waals surface area (Å²) in [6.45, 7) is 0. The van der Waals surface area contributed by atoms with E-state index in [1.54, 1.807) is 0 Å². The fourth-order valence-corrected chi connectivity index (χ4v) is 3.82. The number of hydrogen-bond donors (Lipinski definition) is 1. The molecule has 1 aromatic heterocycles. The van der Waals surface area contributed by atoms with Gasteiger partial charge in [0.1, 0.15) is 0 Å². The number of aromatic amines is 1. The number of benzene rings is 1. The molecule has 0 fully saturated rings. The van der Waals surface area contributed by atoms with Crippen molar-refractivity contribution in [3.8, 4) is 0 Å². The van der Waals surface area contributed by atoms with Crippen LogP contribution in [0.15, 0.2) is 21.1 Å². The smallest absolute Gasteiger partial charge is 0.179 e. The van der Waals surface area contributed by atoms with E-state index in [0.717, 1.165) is 38.4 Å². The van der Waals surface area contributed by atoms with Crippen LogP contribution in [0.3, 0.4) is 0 Å². The lowest BCUT2D eigenvalue weighted by Gasteiger charge is -2.09. The van der Waals surface area contributed by atoms with E-state index >= 15 is 0 Å². The van der Waals surface area contributed by atoms with Gasteiger partial charge in [0.05, 0.1) is 5.69 Å². The molecule has 0 saturated carbocycles. The van der Waals surface area contributed by atoms with Crippen LogP contribution in [0.25, 0.3) is 10.9 Å². The van der Waals surface area contributed by atoms with Crippen molar-refractivity contribution in [1.29, 1.82) is 0 Å². The van der Waals surface area contributed by atoms with Gasteiger partial charge in [0.2, 0.25) is 0 Å². The van der Waals surface area contributed by atoms with Gasteiger partial charge in [-0.05, 0) is 30.5 Å². The third-order valence-corrected chi connectivity index (χ3v) is 4.11. The van der Waals surface area contributed by atoms with Gasteiger partial charge in [0.15, 0.2) is 5.78 Å². The van der Waals surface area contributed by atoms with Gasteiger partial charge in [-0.25, -0.2) is 0 Å². The summed E-state index contributed by atoms with van der Waals surface area (Å²) in [5, 5.41) is 1.16. The molecule has 16 heavy (non-hydrogen) atoms. The third kappa shape index (κ3) is 1.47. The molecule has 0 spiro atoms. The average Bonchev–Trinajstić information content (AvgIpc) is 2.57. The zero-order valence-corrected chi connectivity index (χ0v) is 11.6. The number of aromatic nitrogens is 1. The van der Waals surface area contributed by atoms with Crippen LogP contribution in [0.4, 0.5) is 0 Å². The Balaban J connectivity index is 2.40. The van der Waals surface area contributed by atoms with Crippen molar-refractivity contribution in [2.24, 2.45) is 0 Å². The van der Waals surface area contributed by atoms with E-state index in [-0.39, 0.29) is 5.78 Å². The zero-order chi connectivity index (χ0) is 11.3. The molecule has 0 aliphatic heterocycles. The fourth-order valence-electron chi connectivity index (χ4n) is 2.35. The van der Waals surface area contributed by atoms with Gasteiger partial charge in [0, 0.05) is 26.3 Å². The number of carbonyl (C=O) groups excluding carboxylic acids is 1. The molecule has 2 nitrogen and oxygen atoms in total. The van der Waals surface area contributed by atoms with Crippen LogP contribution in [-0.4, -0.2) is 10.8 Å². The lowest BCUT2D eigenvalue weighted by molar-refractivity contribution is 0.0968. The van der Waals surface area contributed by atoms with Gasteiger partial charge in [-0.15, -0.1) is 0 Å². The number of Topliss-reactive ketones (excluding diaryl/α,β-unsaturated/α-hetero) is 1. The molecule has 0 amide bonds. The monoisotopic (exact) mass is 341 g/mol. The molecular formula is C12H9Br2NO. The fraction of sp³-hybridized carbons (Fsp3) is 0.250. The maximum absolute atomic E-state index is 11.8. The Kier molecular flexibility index (Phi) is 2.44. The highest BCUT2D eigenvalue weighted by Crippen LogP contribution is 2.35. The molecular weight excluding hydrogens is 334 g/mol. The predicted octanol–water partition coefficient (Wildman–Crippen LogP) is 4.21. The second-order valence-electron chi connectivity index (χ2n) is 4.07. The lowest BCUT2D eigenvalue weighted by Crippen LogP contribution is -2.09. The molecule has 1 aliphatic carbocycles. The molecule has 3 rings (SSSR count). The van der Waals surface area contributed by atoms with Crippen LogP contribution >= 0.6 is 31.9 Å². The van der Waals surface area contributed by atoms with Gasteiger partial charge >= 0.3 is 0 Å². The minimum atomic E-state index is 0.237. The normalized spacial score (nSPS) is 15.5. The molecule has 1 N–H and O–H groups in total. The largest absolute Gasteiger partial charge is 0.352 e. The highest BCUT2D eigenvalue weighted by Gasteiger charge is 2.23. The Morgan fingerprint density at radius 2 is 2.00 bits per heavy atom. The van der Waals surface area contributed by atoms with Crippen molar-refractivity contribution < 1.29 is 4.79 Å². The van der Waals surface area contributed by atoms with Crippen molar-refractivity contribution in [3.63, 3.8) is 0 Å². The first kappa shape index (κ1) is 10.5. The molecule has 1 aromatic carbocycles. The molecule has 1 heterocycles. The summed E-state index contributed by atoms with van der Waals surface area (Å²) in [6.07, 6.45) is 2.61.